The third-order valence-electron chi connectivity index (χ3n) is 2.44. The summed E-state index contributed by atoms with van der Waals surface area (Å²) in [5.74, 6) is 1.46. The number of thiocarbonyl (C=S) groups is 1. The molecule has 2 N–H and O–H groups in total. The number of rotatable bonds is 6. The second-order valence-electron chi connectivity index (χ2n) is 3.73. The largest absolute Gasteiger partial charge is 0.493 e. The Morgan fingerprint density at radius 3 is 2.74 bits per heavy atom. The van der Waals surface area contributed by atoms with Gasteiger partial charge >= 0.3 is 0 Å². The summed E-state index contributed by atoms with van der Waals surface area (Å²) in [5, 5.41) is 0.956. The number of hydrogen-bond donors (Lipinski definition) is 1. The number of benzene rings is 1. The maximum absolute atomic E-state index is 5.68. The topological polar surface area (TPSA) is 57.4 Å². The van der Waals surface area contributed by atoms with E-state index in [9.17, 15) is 0 Å². The minimum absolute atomic E-state index is 0.384. The molecule has 1 heterocycles. The van der Waals surface area contributed by atoms with E-state index in [1.807, 2.05) is 24.3 Å². The van der Waals surface area contributed by atoms with Crippen LogP contribution < -0.4 is 15.2 Å². The first-order valence-corrected chi connectivity index (χ1v) is 6.93. The van der Waals surface area contributed by atoms with Crippen molar-refractivity contribution in [2.75, 3.05) is 13.7 Å². The van der Waals surface area contributed by atoms with Crippen LogP contribution in [-0.4, -0.2) is 23.7 Å². The Bertz CT molecular complexity index is 569. The third-order valence-corrected chi connectivity index (χ3v) is 3.88. The van der Waals surface area contributed by atoms with E-state index in [2.05, 4.69) is 4.98 Å². The number of aromatic nitrogens is 1. The van der Waals surface area contributed by atoms with Crippen molar-refractivity contribution in [2.45, 2.75) is 6.42 Å². The Labute approximate surface area is 121 Å². The van der Waals surface area contributed by atoms with Gasteiger partial charge in [0.15, 0.2) is 11.5 Å². The van der Waals surface area contributed by atoms with Gasteiger partial charge in [-0.15, -0.1) is 11.3 Å². The first-order chi connectivity index (χ1) is 9.20. The molecule has 1 aromatic heterocycles. The highest BCUT2D eigenvalue weighted by atomic mass is 32.1. The lowest BCUT2D eigenvalue weighted by atomic mass is 10.3. The minimum Gasteiger partial charge on any atom is -0.493 e. The van der Waals surface area contributed by atoms with Gasteiger partial charge in [0.25, 0.3) is 0 Å². The molecule has 0 fully saturated rings. The summed E-state index contributed by atoms with van der Waals surface area (Å²) in [4.78, 5) is 5.47. The zero-order chi connectivity index (χ0) is 13.7. The summed E-state index contributed by atoms with van der Waals surface area (Å²) in [5.41, 5.74) is 5.54. The van der Waals surface area contributed by atoms with Crippen molar-refractivity contribution in [2.24, 2.45) is 5.73 Å². The summed E-state index contributed by atoms with van der Waals surface area (Å²) < 4.78 is 10.9. The van der Waals surface area contributed by atoms with Crippen molar-refractivity contribution >= 4 is 28.5 Å². The zero-order valence-corrected chi connectivity index (χ0v) is 12.1. The third kappa shape index (κ3) is 3.65. The maximum Gasteiger partial charge on any atom is 0.161 e. The first kappa shape index (κ1) is 13.8. The molecule has 0 saturated carbocycles. The van der Waals surface area contributed by atoms with Crippen molar-refractivity contribution in [3.05, 3.63) is 40.3 Å². The molecule has 0 spiro atoms. The number of nitrogens with zero attached hydrogens (tertiary/aromatic N) is 1. The number of ether oxygens (including phenoxy) is 2. The van der Waals surface area contributed by atoms with Gasteiger partial charge in [0.05, 0.1) is 23.6 Å². The van der Waals surface area contributed by atoms with Crippen LogP contribution in [0.15, 0.2) is 30.5 Å². The molecule has 0 amide bonds. The van der Waals surface area contributed by atoms with Gasteiger partial charge in [-0.25, -0.2) is 4.98 Å². The molecule has 1 aromatic carbocycles. The molecule has 0 unspecified atom stereocenters. The van der Waals surface area contributed by atoms with Crippen LogP contribution in [0.5, 0.6) is 11.5 Å². The summed E-state index contributed by atoms with van der Waals surface area (Å²) >= 11 is 6.40. The molecule has 0 aliphatic rings. The van der Waals surface area contributed by atoms with Gasteiger partial charge in [-0.1, -0.05) is 24.4 Å². The number of methoxy groups -OCH3 is 1. The highest BCUT2D eigenvalue weighted by molar-refractivity contribution is 7.81. The molecular weight excluding hydrogens is 280 g/mol. The van der Waals surface area contributed by atoms with Crippen LogP contribution in [0.3, 0.4) is 0 Å². The molecule has 0 saturated heterocycles. The molecule has 2 aromatic rings. The monoisotopic (exact) mass is 294 g/mol. The fraction of sp³-hybridized carbons (Fsp3) is 0.231. The Hall–Kier alpha value is -1.66. The quantitative estimate of drug-likeness (QED) is 0.829. The van der Waals surface area contributed by atoms with Gasteiger partial charge in [0.2, 0.25) is 0 Å². The smallest absolute Gasteiger partial charge is 0.161 e. The van der Waals surface area contributed by atoms with E-state index in [-0.39, 0.29) is 0 Å². The summed E-state index contributed by atoms with van der Waals surface area (Å²) in [6, 6.07) is 7.55. The highest BCUT2D eigenvalue weighted by Gasteiger charge is 2.06. The standard InChI is InChI=1S/C13H14N2O2S2/c1-16-9-4-2-3-5-10(9)17-7-6-12-15-8-11(19-12)13(14)18/h2-5,8H,6-7H2,1H3,(H2,14,18). The average molecular weight is 294 g/mol. The van der Waals surface area contributed by atoms with E-state index in [4.69, 9.17) is 27.4 Å². The van der Waals surface area contributed by atoms with E-state index in [1.54, 1.807) is 13.3 Å². The van der Waals surface area contributed by atoms with Crippen LogP contribution in [0.2, 0.25) is 0 Å². The van der Waals surface area contributed by atoms with Crippen LogP contribution in [0.25, 0.3) is 0 Å². The molecule has 0 aliphatic carbocycles. The Kier molecular flexibility index (Phi) is 4.70. The van der Waals surface area contributed by atoms with Crippen molar-refractivity contribution in [1.29, 1.82) is 0 Å². The fourth-order valence-electron chi connectivity index (χ4n) is 1.53. The van der Waals surface area contributed by atoms with E-state index in [0.717, 1.165) is 21.4 Å². The van der Waals surface area contributed by atoms with Gasteiger partial charge in [-0.3, -0.25) is 0 Å². The van der Waals surface area contributed by atoms with Crippen molar-refractivity contribution in [3.63, 3.8) is 0 Å². The molecule has 0 radical (unpaired) electrons. The highest BCUT2D eigenvalue weighted by Crippen LogP contribution is 2.26. The van der Waals surface area contributed by atoms with Crippen LogP contribution >= 0.6 is 23.6 Å². The number of thiazole rings is 1. The SMILES string of the molecule is COc1ccccc1OCCc1ncc(C(N)=S)s1. The normalized spacial score (nSPS) is 10.2. The average Bonchev–Trinajstić information content (AvgIpc) is 2.88. The van der Waals surface area contributed by atoms with Crippen molar-refractivity contribution in [1.82, 2.24) is 4.98 Å². The van der Waals surface area contributed by atoms with Gasteiger partial charge in [-0.2, -0.15) is 0 Å². The van der Waals surface area contributed by atoms with E-state index in [0.29, 0.717) is 18.0 Å². The van der Waals surface area contributed by atoms with Gasteiger partial charge in [0, 0.05) is 12.6 Å². The van der Waals surface area contributed by atoms with Crippen molar-refractivity contribution < 1.29 is 9.47 Å². The predicted octanol–water partition coefficient (Wildman–Crippen LogP) is 2.41. The first-order valence-electron chi connectivity index (χ1n) is 5.71. The molecular formula is C13H14N2O2S2. The lowest BCUT2D eigenvalue weighted by molar-refractivity contribution is 0.297. The van der Waals surface area contributed by atoms with Gasteiger partial charge < -0.3 is 15.2 Å². The molecule has 6 heteroatoms. The summed E-state index contributed by atoms with van der Waals surface area (Å²) in [6.07, 6.45) is 2.41. The number of nitrogens with two attached hydrogens (primary N) is 1. The lowest BCUT2D eigenvalue weighted by Crippen LogP contribution is -2.06. The van der Waals surface area contributed by atoms with Crippen LogP contribution in [0.1, 0.15) is 9.88 Å². The Morgan fingerprint density at radius 1 is 1.37 bits per heavy atom. The van der Waals surface area contributed by atoms with Crippen LogP contribution in [0.4, 0.5) is 0 Å². The molecule has 100 valence electrons. The Morgan fingerprint density at radius 2 is 2.11 bits per heavy atom. The molecule has 0 aliphatic heterocycles. The van der Waals surface area contributed by atoms with Gasteiger partial charge in [0.1, 0.15) is 4.99 Å². The van der Waals surface area contributed by atoms with Gasteiger partial charge in [-0.05, 0) is 12.1 Å². The molecule has 0 bridgehead atoms. The maximum atomic E-state index is 5.68. The van der Waals surface area contributed by atoms with Crippen molar-refractivity contribution in [3.8, 4) is 11.5 Å². The fourth-order valence-corrected chi connectivity index (χ4v) is 2.45. The second kappa shape index (κ2) is 6.49. The molecule has 4 nitrogen and oxygen atoms in total. The molecule has 2 rings (SSSR count). The summed E-state index contributed by atoms with van der Waals surface area (Å²) in [6.45, 7) is 0.532. The van der Waals surface area contributed by atoms with E-state index >= 15 is 0 Å². The molecule has 0 atom stereocenters. The molecule has 19 heavy (non-hydrogen) atoms. The Balaban J connectivity index is 1.90. The second-order valence-corrected chi connectivity index (χ2v) is 5.29. The zero-order valence-electron chi connectivity index (χ0n) is 10.5. The number of para-hydroxylation sites is 2. The summed E-state index contributed by atoms with van der Waals surface area (Å²) in [7, 11) is 1.62. The predicted molar refractivity (Wildman–Crippen MR) is 80.2 cm³/mol. The minimum atomic E-state index is 0.384. The lowest BCUT2D eigenvalue weighted by Gasteiger charge is -2.09. The number of hydrogen-bond acceptors (Lipinski definition) is 5. The van der Waals surface area contributed by atoms with E-state index in [1.165, 1.54) is 11.3 Å². The van der Waals surface area contributed by atoms with Crippen LogP contribution in [0, 0.1) is 0 Å². The van der Waals surface area contributed by atoms with E-state index < -0.39 is 0 Å². The van der Waals surface area contributed by atoms with Crippen LogP contribution in [-0.2, 0) is 6.42 Å².